The third-order valence-electron chi connectivity index (χ3n) is 5.93. The van der Waals surface area contributed by atoms with Crippen LogP contribution >= 0.6 is 0 Å². The predicted octanol–water partition coefficient (Wildman–Crippen LogP) is 1.53. The van der Waals surface area contributed by atoms with Crippen molar-refractivity contribution in [3.05, 3.63) is 35.4 Å². The lowest BCUT2D eigenvalue weighted by Crippen LogP contribution is -2.63. The lowest BCUT2D eigenvalue weighted by molar-refractivity contribution is -0.140. The molecule has 0 saturated carbocycles. The summed E-state index contributed by atoms with van der Waals surface area (Å²) in [6, 6.07) is 5.02. The van der Waals surface area contributed by atoms with Crippen LogP contribution in [0.3, 0.4) is 0 Å². The number of urea groups is 1. The van der Waals surface area contributed by atoms with Crippen LogP contribution in [0.2, 0.25) is 0 Å². The van der Waals surface area contributed by atoms with Crippen molar-refractivity contribution in [2.75, 3.05) is 45.9 Å². The number of carbonyl (C=O) groups is 2. The van der Waals surface area contributed by atoms with Gasteiger partial charge in [-0.25, -0.2) is 4.79 Å². The fraction of sp³-hybridized carbons (Fsp3) is 0.600. The van der Waals surface area contributed by atoms with E-state index in [4.69, 9.17) is 4.74 Å². The molecule has 3 fully saturated rings. The third kappa shape index (κ3) is 4.70. The van der Waals surface area contributed by atoms with Gasteiger partial charge in [-0.15, -0.1) is 0 Å². The molecule has 2 unspecified atom stereocenters. The minimum Gasteiger partial charge on any atom is -0.366 e. The van der Waals surface area contributed by atoms with Crippen molar-refractivity contribution in [1.82, 2.24) is 20.0 Å². The number of likely N-dealkylation sites (tertiary alicyclic amines) is 1. The van der Waals surface area contributed by atoms with Crippen LogP contribution in [0.15, 0.2) is 24.3 Å². The molecule has 164 valence electrons. The molecule has 30 heavy (non-hydrogen) atoms. The van der Waals surface area contributed by atoms with Gasteiger partial charge in [0.2, 0.25) is 5.91 Å². The van der Waals surface area contributed by atoms with Gasteiger partial charge in [-0.1, -0.05) is 12.1 Å². The summed E-state index contributed by atoms with van der Waals surface area (Å²) < 4.78 is 43.6. The summed E-state index contributed by atoms with van der Waals surface area (Å²) in [5.41, 5.74) is 0.169. The van der Waals surface area contributed by atoms with Crippen molar-refractivity contribution in [2.24, 2.45) is 0 Å². The Balaban J connectivity index is 1.26. The van der Waals surface area contributed by atoms with E-state index < -0.39 is 11.7 Å². The lowest BCUT2D eigenvalue weighted by atomic mass is 10.0. The topological polar surface area (TPSA) is 65.1 Å². The summed E-state index contributed by atoms with van der Waals surface area (Å²) in [6.07, 6.45) is -3.66. The minimum absolute atomic E-state index is 0.0349. The van der Waals surface area contributed by atoms with Gasteiger partial charge >= 0.3 is 12.2 Å². The molecule has 3 aliphatic heterocycles. The first-order valence-electron chi connectivity index (χ1n) is 10.1. The van der Waals surface area contributed by atoms with Gasteiger partial charge in [0.25, 0.3) is 0 Å². The monoisotopic (exact) mass is 426 g/mol. The second kappa shape index (κ2) is 8.43. The van der Waals surface area contributed by atoms with Crippen LogP contribution in [0.5, 0.6) is 0 Å². The number of hydrogen-bond acceptors (Lipinski definition) is 4. The molecule has 3 saturated heterocycles. The summed E-state index contributed by atoms with van der Waals surface area (Å²) >= 11 is 0. The number of morpholine rings is 1. The van der Waals surface area contributed by atoms with Gasteiger partial charge in [-0.05, 0) is 24.1 Å². The summed E-state index contributed by atoms with van der Waals surface area (Å²) in [4.78, 5) is 30.1. The minimum atomic E-state index is -4.33. The Morgan fingerprint density at radius 1 is 1.07 bits per heavy atom. The molecule has 0 radical (unpaired) electrons. The average Bonchev–Trinajstić information content (AvgIpc) is 2.73. The number of amides is 3. The molecule has 0 bridgehead atoms. The Labute approximate surface area is 172 Å². The van der Waals surface area contributed by atoms with Gasteiger partial charge in [0.1, 0.15) is 6.61 Å². The first-order chi connectivity index (χ1) is 14.3. The summed E-state index contributed by atoms with van der Waals surface area (Å²) in [5, 5.41) is 2.90. The second-order valence-corrected chi connectivity index (χ2v) is 8.00. The van der Waals surface area contributed by atoms with Crippen LogP contribution in [0.1, 0.15) is 17.5 Å². The Morgan fingerprint density at radius 2 is 1.77 bits per heavy atom. The first kappa shape index (κ1) is 20.9. The molecule has 1 N–H and O–H groups in total. The van der Waals surface area contributed by atoms with E-state index in [9.17, 15) is 22.8 Å². The SMILES string of the molecule is O=C1COC2CCN(C(=O)N3CCN(Cc4ccc(C(F)(F)F)cc4)CC3)CC2N1. The fourth-order valence-electron chi connectivity index (χ4n) is 4.23. The van der Waals surface area contributed by atoms with Gasteiger partial charge in [-0.2, -0.15) is 13.2 Å². The zero-order valence-corrected chi connectivity index (χ0v) is 16.5. The molecular weight excluding hydrogens is 401 g/mol. The van der Waals surface area contributed by atoms with Crippen molar-refractivity contribution in [1.29, 1.82) is 0 Å². The smallest absolute Gasteiger partial charge is 0.366 e. The molecule has 3 aliphatic rings. The maximum atomic E-state index is 12.9. The van der Waals surface area contributed by atoms with Crippen molar-refractivity contribution >= 4 is 11.9 Å². The van der Waals surface area contributed by atoms with E-state index in [0.29, 0.717) is 52.2 Å². The summed E-state index contributed by atoms with van der Waals surface area (Å²) in [5.74, 6) is -0.151. The maximum Gasteiger partial charge on any atom is 0.416 e. The average molecular weight is 426 g/mol. The van der Waals surface area contributed by atoms with E-state index in [2.05, 4.69) is 10.2 Å². The molecule has 1 aromatic rings. The molecule has 3 amide bonds. The number of piperidine rings is 1. The fourth-order valence-corrected chi connectivity index (χ4v) is 4.23. The molecule has 2 atom stereocenters. The Hall–Kier alpha value is -2.33. The number of carbonyl (C=O) groups excluding carboxylic acids is 2. The number of nitrogens with zero attached hydrogens (tertiary/aromatic N) is 3. The molecule has 3 heterocycles. The zero-order valence-electron chi connectivity index (χ0n) is 16.5. The highest BCUT2D eigenvalue weighted by Gasteiger charge is 2.38. The third-order valence-corrected chi connectivity index (χ3v) is 5.93. The van der Waals surface area contributed by atoms with E-state index in [1.807, 2.05) is 0 Å². The van der Waals surface area contributed by atoms with Crippen LogP contribution in [-0.4, -0.2) is 84.7 Å². The quantitative estimate of drug-likeness (QED) is 0.779. The molecule has 4 rings (SSSR count). The molecule has 10 heteroatoms. The van der Waals surface area contributed by atoms with Crippen LogP contribution in [0, 0.1) is 0 Å². The van der Waals surface area contributed by atoms with E-state index in [1.165, 1.54) is 12.1 Å². The predicted molar refractivity (Wildman–Crippen MR) is 102 cm³/mol. The standard InChI is InChI=1S/C20H25F3N4O3/c21-20(22,23)15-3-1-14(2-4-15)11-25-7-9-26(10-8-25)19(29)27-6-5-17-16(12-27)24-18(28)13-30-17/h1-4,16-17H,5-13H2,(H,24,28). The zero-order chi connectivity index (χ0) is 21.3. The molecule has 7 nitrogen and oxygen atoms in total. The van der Waals surface area contributed by atoms with E-state index in [-0.39, 0.29) is 30.7 Å². The van der Waals surface area contributed by atoms with Gasteiger partial charge < -0.3 is 19.9 Å². The van der Waals surface area contributed by atoms with E-state index >= 15 is 0 Å². The summed E-state index contributed by atoms with van der Waals surface area (Å²) in [7, 11) is 0. The summed E-state index contributed by atoms with van der Waals surface area (Å²) in [6.45, 7) is 4.12. The van der Waals surface area contributed by atoms with Gasteiger partial charge in [0.15, 0.2) is 0 Å². The number of fused-ring (bicyclic) bond motifs is 1. The molecule has 0 spiro atoms. The van der Waals surface area contributed by atoms with Gasteiger partial charge in [-0.3, -0.25) is 9.69 Å². The number of benzene rings is 1. The molecule has 1 aromatic carbocycles. The van der Waals surface area contributed by atoms with E-state index in [1.54, 1.807) is 9.80 Å². The molecular formula is C20H25F3N4O3. The Bertz CT molecular complexity index is 778. The van der Waals surface area contributed by atoms with Crippen molar-refractivity contribution in [2.45, 2.75) is 31.3 Å². The maximum absolute atomic E-state index is 12.9. The molecule has 0 aromatic heterocycles. The highest BCUT2D eigenvalue weighted by molar-refractivity contribution is 5.79. The van der Waals surface area contributed by atoms with Crippen LogP contribution < -0.4 is 5.32 Å². The highest BCUT2D eigenvalue weighted by atomic mass is 19.4. The number of rotatable bonds is 2. The van der Waals surface area contributed by atoms with Crippen LogP contribution in [0.4, 0.5) is 18.0 Å². The lowest BCUT2D eigenvalue weighted by Gasteiger charge is -2.43. The number of halogens is 3. The normalized spacial score (nSPS) is 25.6. The number of hydrogen-bond donors (Lipinski definition) is 1. The number of alkyl halides is 3. The molecule has 0 aliphatic carbocycles. The van der Waals surface area contributed by atoms with Gasteiger partial charge in [0.05, 0.1) is 17.7 Å². The van der Waals surface area contributed by atoms with Gasteiger partial charge in [0, 0.05) is 45.8 Å². The number of nitrogens with one attached hydrogen (secondary N) is 1. The second-order valence-electron chi connectivity index (χ2n) is 8.00. The van der Waals surface area contributed by atoms with Crippen molar-refractivity contribution in [3.63, 3.8) is 0 Å². The first-order valence-corrected chi connectivity index (χ1v) is 10.1. The van der Waals surface area contributed by atoms with E-state index in [0.717, 1.165) is 17.7 Å². The van der Waals surface area contributed by atoms with Crippen LogP contribution in [-0.2, 0) is 22.3 Å². The Morgan fingerprint density at radius 3 is 2.43 bits per heavy atom. The number of piperazine rings is 1. The van der Waals surface area contributed by atoms with Crippen LogP contribution in [0.25, 0.3) is 0 Å². The Kier molecular flexibility index (Phi) is 5.88. The number of ether oxygens (including phenoxy) is 1. The van der Waals surface area contributed by atoms with Crippen molar-refractivity contribution < 1.29 is 27.5 Å². The van der Waals surface area contributed by atoms with Crippen molar-refractivity contribution in [3.8, 4) is 0 Å². The largest absolute Gasteiger partial charge is 0.416 e. The highest BCUT2D eigenvalue weighted by Crippen LogP contribution is 2.29.